The third-order valence-electron chi connectivity index (χ3n) is 4.73. The molecule has 0 aromatic heterocycles. The molecule has 32 heavy (non-hydrogen) atoms. The summed E-state index contributed by atoms with van der Waals surface area (Å²) >= 11 is 1.89. The molecule has 0 heterocycles. The van der Waals surface area contributed by atoms with E-state index in [4.69, 9.17) is 9.47 Å². The van der Waals surface area contributed by atoms with E-state index in [1.807, 2.05) is 59.0 Å². The Morgan fingerprint density at radius 1 is 0.781 bits per heavy atom. The molecule has 0 radical (unpaired) electrons. The summed E-state index contributed by atoms with van der Waals surface area (Å²) in [4.78, 5) is 26.1. The lowest BCUT2D eigenvalue weighted by Crippen LogP contribution is -2.20. The van der Waals surface area contributed by atoms with Crippen molar-refractivity contribution in [2.24, 2.45) is 0 Å². The first-order valence-electron chi connectivity index (χ1n) is 9.56. The molecule has 6 nitrogen and oxygen atoms in total. The maximum absolute atomic E-state index is 13.0. The molecule has 0 atom stereocenters. The number of ether oxygens (including phenoxy) is 2. The lowest BCUT2D eigenvalue weighted by Gasteiger charge is -2.16. The van der Waals surface area contributed by atoms with Crippen molar-refractivity contribution in [2.75, 3.05) is 0 Å². The first-order valence-corrected chi connectivity index (χ1v) is 10.6. The van der Waals surface area contributed by atoms with Crippen LogP contribution in [-0.4, -0.2) is 11.9 Å². The molecule has 0 spiro atoms. The van der Waals surface area contributed by atoms with Gasteiger partial charge < -0.3 is 9.47 Å². The molecule has 3 aromatic carbocycles. The van der Waals surface area contributed by atoms with Gasteiger partial charge in [-0.1, -0.05) is 60.7 Å². The van der Waals surface area contributed by atoms with Gasteiger partial charge in [0, 0.05) is 3.57 Å². The van der Waals surface area contributed by atoms with Gasteiger partial charge in [-0.15, -0.1) is 0 Å². The Hall–Kier alpha value is -3.69. The largest absolute Gasteiger partial charge is 0.457 e. The van der Waals surface area contributed by atoms with Gasteiger partial charge in [-0.05, 0) is 46.2 Å². The van der Waals surface area contributed by atoms with Crippen LogP contribution in [0, 0.1) is 33.2 Å². The van der Waals surface area contributed by atoms with Crippen LogP contribution in [-0.2, 0) is 22.7 Å². The first-order chi connectivity index (χ1) is 15.5. The highest BCUT2D eigenvalue weighted by Gasteiger charge is 2.31. The Kier molecular flexibility index (Phi) is 7.58. The van der Waals surface area contributed by atoms with Crippen molar-refractivity contribution in [3.05, 3.63) is 103 Å². The summed E-state index contributed by atoms with van der Waals surface area (Å²) in [5.74, 6) is -1.63. The van der Waals surface area contributed by atoms with Crippen LogP contribution in [0.25, 0.3) is 0 Å². The highest BCUT2D eigenvalue weighted by molar-refractivity contribution is 14.1. The average Bonchev–Trinajstić information content (AvgIpc) is 2.83. The quantitative estimate of drug-likeness (QED) is 0.323. The van der Waals surface area contributed by atoms with E-state index >= 15 is 0 Å². The highest BCUT2D eigenvalue weighted by atomic mass is 127. The Balaban J connectivity index is 2.01. The van der Waals surface area contributed by atoms with Gasteiger partial charge in [0.2, 0.25) is 0 Å². The summed E-state index contributed by atoms with van der Waals surface area (Å²) < 4.78 is 11.2. The van der Waals surface area contributed by atoms with Crippen molar-refractivity contribution in [3.63, 3.8) is 0 Å². The summed E-state index contributed by atoms with van der Waals surface area (Å²) in [6.07, 6.45) is 0. The first kappa shape index (κ1) is 23.0. The van der Waals surface area contributed by atoms with Crippen LogP contribution in [0.4, 0.5) is 0 Å². The Morgan fingerprint density at radius 2 is 1.22 bits per heavy atom. The molecule has 0 aliphatic rings. The average molecular weight is 536 g/mol. The van der Waals surface area contributed by atoms with E-state index in [1.165, 1.54) is 0 Å². The zero-order valence-electron chi connectivity index (χ0n) is 17.1. The van der Waals surface area contributed by atoms with E-state index in [1.54, 1.807) is 43.3 Å². The molecule has 0 bridgehead atoms. The second-order valence-corrected chi connectivity index (χ2v) is 7.86. The minimum absolute atomic E-state index is 0.00389. The molecule has 0 unspecified atom stereocenters. The number of benzene rings is 3. The van der Waals surface area contributed by atoms with Gasteiger partial charge in [-0.25, -0.2) is 9.59 Å². The van der Waals surface area contributed by atoms with E-state index in [9.17, 15) is 20.1 Å². The topological polar surface area (TPSA) is 100 Å². The Bertz CT molecular complexity index is 1240. The number of nitriles is 2. The predicted octanol–water partition coefficient (Wildman–Crippen LogP) is 5.06. The van der Waals surface area contributed by atoms with Crippen molar-refractivity contribution in [2.45, 2.75) is 20.1 Å². The van der Waals surface area contributed by atoms with Crippen LogP contribution in [0.1, 0.15) is 48.5 Å². The fourth-order valence-electron chi connectivity index (χ4n) is 3.11. The number of nitrogens with zero attached hydrogens (tertiary/aromatic N) is 2. The van der Waals surface area contributed by atoms with E-state index in [0.717, 1.165) is 11.1 Å². The molecule has 0 fully saturated rings. The molecular formula is C25H17IN2O4. The lowest BCUT2D eigenvalue weighted by molar-refractivity contribution is 0.0424. The summed E-state index contributed by atoms with van der Waals surface area (Å²) in [7, 11) is 0. The van der Waals surface area contributed by atoms with Gasteiger partial charge in [-0.3, -0.25) is 0 Å². The molecule has 0 saturated heterocycles. The summed E-state index contributed by atoms with van der Waals surface area (Å²) in [6.45, 7) is 1.56. The molecule has 0 amide bonds. The lowest BCUT2D eigenvalue weighted by atomic mass is 9.92. The number of hydrogen-bond donors (Lipinski definition) is 0. The van der Waals surface area contributed by atoms with Crippen LogP contribution in [0.5, 0.6) is 0 Å². The molecule has 3 rings (SSSR count). The van der Waals surface area contributed by atoms with Crippen molar-refractivity contribution >= 4 is 34.5 Å². The summed E-state index contributed by atoms with van der Waals surface area (Å²) in [5.41, 5.74) is 1.40. The van der Waals surface area contributed by atoms with Crippen LogP contribution < -0.4 is 0 Å². The van der Waals surface area contributed by atoms with E-state index < -0.39 is 11.9 Å². The molecule has 3 aromatic rings. The number of hydrogen-bond acceptors (Lipinski definition) is 6. The monoisotopic (exact) mass is 536 g/mol. The Morgan fingerprint density at radius 3 is 1.66 bits per heavy atom. The minimum Gasteiger partial charge on any atom is -0.457 e. The third-order valence-corrected chi connectivity index (χ3v) is 6.08. The Labute approximate surface area is 199 Å². The van der Waals surface area contributed by atoms with Crippen LogP contribution in [0.15, 0.2) is 60.7 Å². The SMILES string of the molecule is Cc1c(I)c(C#N)c(C#N)c(C(=O)OCc2ccccc2)c1C(=O)OCc1ccccc1. The molecule has 0 N–H and O–H groups in total. The minimum atomic E-state index is -0.868. The summed E-state index contributed by atoms with van der Waals surface area (Å²) in [6, 6.07) is 22.0. The number of carbonyl (C=O) groups excluding carboxylic acids is 2. The highest BCUT2D eigenvalue weighted by Crippen LogP contribution is 2.30. The van der Waals surface area contributed by atoms with Crippen molar-refractivity contribution in [1.82, 2.24) is 0 Å². The molecule has 0 saturated carbocycles. The zero-order chi connectivity index (χ0) is 23.1. The van der Waals surface area contributed by atoms with Gasteiger partial charge >= 0.3 is 11.9 Å². The molecule has 158 valence electrons. The van der Waals surface area contributed by atoms with Gasteiger partial charge in [0.15, 0.2) is 0 Å². The maximum atomic E-state index is 13.0. The van der Waals surface area contributed by atoms with E-state index in [-0.39, 0.29) is 35.5 Å². The van der Waals surface area contributed by atoms with Gasteiger partial charge in [0.25, 0.3) is 0 Å². The van der Waals surface area contributed by atoms with Crippen LogP contribution >= 0.6 is 22.6 Å². The fourth-order valence-corrected chi connectivity index (χ4v) is 3.77. The second kappa shape index (κ2) is 10.6. The standard InChI is InChI=1S/C25H17IN2O4/c1-16-21(24(29)31-14-17-8-4-2-5-9-17)22(19(12-27)20(13-28)23(16)26)25(30)32-15-18-10-6-3-7-11-18/h2-11H,14-15H2,1H3. The smallest absolute Gasteiger partial charge is 0.340 e. The van der Waals surface area contributed by atoms with Gasteiger partial charge in [0.1, 0.15) is 25.4 Å². The molecular weight excluding hydrogens is 519 g/mol. The normalized spacial score (nSPS) is 10.0. The van der Waals surface area contributed by atoms with Crippen LogP contribution in [0.3, 0.4) is 0 Å². The zero-order valence-corrected chi connectivity index (χ0v) is 19.3. The van der Waals surface area contributed by atoms with Crippen molar-refractivity contribution in [1.29, 1.82) is 10.5 Å². The number of rotatable bonds is 6. The molecule has 0 aliphatic carbocycles. The second-order valence-electron chi connectivity index (χ2n) is 6.79. The maximum Gasteiger partial charge on any atom is 0.340 e. The van der Waals surface area contributed by atoms with Gasteiger partial charge in [-0.2, -0.15) is 10.5 Å². The van der Waals surface area contributed by atoms with Crippen molar-refractivity contribution < 1.29 is 19.1 Å². The van der Waals surface area contributed by atoms with E-state index in [0.29, 0.717) is 9.13 Å². The number of halogens is 1. The molecule has 0 aliphatic heterocycles. The van der Waals surface area contributed by atoms with E-state index in [2.05, 4.69) is 0 Å². The fraction of sp³-hybridized carbons (Fsp3) is 0.120. The van der Waals surface area contributed by atoms with Gasteiger partial charge in [0.05, 0.1) is 22.3 Å². The number of esters is 2. The summed E-state index contributed by atoms with van der Waals surface area (Å²) in [5, 5.41) is 19.3. The number of carbonyl (C=O) groups is 2. The van der Waals surface area contributed by atoms with Crippen LogP contribution in [0.2, 0.25) is 0 Å². The molecule has 7 heteroatoms. The van der Waals surface area contributed by atoms with Crippen molar-refractivity contribution in [3.8, 4) is 12.1 Å². The predicted molar refractivity (Wildman–Crippen MR) is 124 cm³/mol. The third kappa shape index (κ3) is 4.96.